The zero-order valence-corrected chi connectivity index (χ0v) is 21.0. The lowest BCUT2D eigenvalue weighted by molar-refractivity contribution is -0.0905. The number of rotatable bonds is 4. The standard InChI is InChI=1S/C29H47NO/c1-20(14-19-30-17-6-7-18-30)22-9-10-23-21-8-11-25-27(2,3)26(31)13-16-29(25,5)24(21)12-15-28(22,23)4/h10,20,22,25-26,31H,6-9,11-19H2,1-5H3/t20-,22+,25-,26-,28+,29+/m0/s1. The van der Waals surface area contributed by atoms with Gasteiger partial charge in [-0.25, -0.2) is 0 Å². The third-order valence-corrected chi connectivity index (χ3v) is 11.2. The molecule has 0 aromatic carbocycles. The van der Waals surface area contributed by atoms with Crippen molar-refractivity contribution in [1.82, 2.24) is 4.90 Å². The molecule has 0 aromatic heterocycles. The SMILES string of the molecule is C[C@@H](CCN1CCCC1)[C@H]1CC=C2C3=C(CC[C@@]21C)[C@@]1(C)CC[C@H](O)C(C)(C)[C@@H]1CC3. The summed E-state index contributed by atoms with van der Waals surface area (Å²) in [6, 6.07) is 0. The highest BCUT2D eigenvalue weighted by atomic mass is 16.3. The molecule has 0 amide bonds. The van der Waals surface area contributed by atoms with Crippen LogP contribution in [-0.2, 0) is 0 Å². The van der Waals surface area contributed by atoms with Crippen LogP contribution in [0.3, 0.4) is 0 Å². The summed E-state index contributed by atoms with van der Waals surface area (Å²) >= 11 is 0. The average Bonchev–Trinajstić information content (AvgIpc) is 3.36. The van der Waals surface area contributed by atoms with Gasteiger partial charge in [0.05, 0.1) is 6.10 Å². The molecule has 1 saturated heterocycles. The van der Waals surface area contributed by atoms with E-state index in [2.05, 4.69) is 45.6 Å². The van der Waals surface area contributed by atoms with E-state index in [9.17, 15) is 5.11 Å². The lowest BCUT2D eigenvalue weighted by Crippen LogP contribution is -2.53. The van der Waals surface area contributed by atoms with Crippen molar-refractivity contribution in [3.8, 4) is 0 Å². The van der Waals surface area contributed by atoms with Crippen LogP contribution in [0.4, 0.5) is 0 Å². The predicted octanol–water partition coefficient (Wildman–Crippen LogP) is 6.75. The van der Waals surface area contributed by atoms with Gasteiger partial charge in [0.2, 0.25) is 0 Å². The Bertz CT molecular complexity index is 772. The Labute approximate surface area is 191 Å². The fourth-order valence-corrected chi connectivity index (χ4v) is 9.17. The maximum Gasteiger partial charge on any atom is 0.0594 e. The number of allylic oxidation sites excluding steroid dienone is 4. The number of nitrogens with zero attached hydrogens (tertiary/aromatic N) is 1. The minimum atomic E-state index is -0.131. The van der Waals surface area contributed by atoms with Gasteiger partial charge in [-0.2, -0.15) is 0 Å². The van der Waals surface area contributed by atoms with Crippen molar-refractivity contribution in [3.63, 3.8) is 0 Å². The molecule has 5 rings (SSSR count). The third kappa shape index (κ3) is 3.33. The molecule has 2 heteroatoms. The van der Waals surface area contributed by atoms with Crippen LogP contribution in [-0.4, -0.2) is 35.7 Å². The Balaban J connectivity index is 1.37. The molecule has 0 bridgehead atoms. The molecule has 1 heterocycles. The van der Waals surface area contributed by atoms with Crippen LogP contribution in [0.5, 0.6) is 0 Å². The maximum atomic E-state index is 10.8. The molecule has 31 heavy (non-hydrogen) atoms. The summed E-state index contributed by atoms with van der Waals surface area (Å²) in [5, 5.41) is 10.8. The number of hydrogen-bond acceptors (Lipinski definition) is 2. The van der Waals surface area contributed by atoms with E-state index in [4.69, 9.17) is 0 Å². The van der Waals surface area contributed by atoms with Crippen LogP contribution in [0.25, 0.3) is 0 Å². The molecule has 0 spiro atoms. The van der Waals surface area contributed by atoms with Crippen LogP contribution < -0.4 is 0 Å². The van der Waals surface area contributed by atoms with Gasteiger partial charge in [-0.1, -0.05) is 46.3 Å². The third-order valence-electron chi connectivity index (χ3n) is 11.2. The first-order chi connectivity index (χ1) is 14.7. The van der Waals surface area contributed by atoms with Gasteiger partial charge >= 0.3 is 0 Å². The first-order valence-electron chi connectivity index (χ1n) is 13.5. The Hall–Kier alpha value is -0.600. The summed E-state index contributed by atoms with van der Waals surface area (Å²) in [5.41, 5.74) is 6.08. The summed E-state index contributed by atoms with van der Waals surface area (Å²) in [5.74, 6) is 2.27. The van der Waals surface area contributed by atoms with Crippen LogP contribution in [0.2, 0.25) is 0 Å². The van der Waals surface area contributed by atoms with E-state index in [1.165, 1.54) is 77.4 Å². The van der Waals surface area contributed by atoms with Crippen LogP contribution in [0, 0.1) is 34.0 Å². The zero-order chi connectivity index (χ0) is 22.0. The first kappa shape index (κ1) is 22.2. The lowest BCUT2D eigenvalue weighted by atomic mass is 9.46. The monoisotopic (exact) mass is 425 g/mol. The summed E-state index contributed by atoms with van der Waals surface area (Å²) < 4.78 is 0. The molecule has 2 fully saturated rings. The number of likely N-dealkylation sites (tertiary alicyclic amines) is 1. The van der Waals surface area contributed by atoms with Gasteiger partial charge in [0.1, 0.15) is 0 Å². The highest BCUT2D eigenvalue weighted by Crippen LogP contribution is 2.66. The fourth-order valence-electron chi connectivity index (χ4n) is 9.17. The molecule has 1 aliphatic heterocycles. The van der Waals surface area contributed by atoms with E-state index in [0.717, 1.165) is 18.3 Å². The predicted molar refractivity (Wildman–Crippen MR) is 130 cm³/mol. The van der Waals surface area contributed by atoms with E-state index in [-0.39, 0.29) is 11.5 Å². The molecular formula is C29H47NO. The second kappa shape index (κ2) is 7.73. The van der Waals surface area contributed by atoms with Crippen molar-refractivity contribution in [2.75, 3.05) is 19.6 Å². The molecule has 174 valence electrons. The molecule has 2 nitrogen and oxygen atoms in total. The number of aliphatic hydroxyl groups excluding tert-OH is 1. The second-order valence-electron chi connectivity index (χ2n) is 13.0. The molecule has 1 N–H and O–H groups in total. The Morgan fingerprint density at radius 2 is 1.77 bits per heavy atom. The number of hydrogen-bond donors (Lipinski definition) is 1. The molecular weight excluding hydrogens is 378 g/mol. The summed E-state index contributed by atoms with van der Waals surface area (Å²) in [7, 11) is 0. The van der Waals surface area contributed by atoms with Crippen molar-refractivity contribution < 1.29 is 5.11 Å². The molecule has 0 radical (unpaired) electrons. The van der Waals surface area contributed by atoms with Crippen LogP contribution >= 0.6 is 0 Å². The van der Waals surface area contributed by atoms with Crippen molar-refractivity contribution in [2.24, 2.45) is 34.0 Å². The van der Waals surface area contributed by atoms with Crippen molar-refractivity contribution >= 4 is 0 Å². The van der Waals surface area contributed by atoms with Gasteiger partial charge in [0.15, 0.2) is 0 Å². The largest absolute Gasteiger partial charge is 0.393 e. The zero-order valence-electron chi connectivity index (χ0n) is 21.0. The van der Waals surface area contributed by atoms with E-state index >= 15 is 0 Å². The Kier molecular flexibility index (Phi) is 5.53. The number of fused-ring (bicyclic) bond motifs is 4. The van der Waals surface area contributed by atoms with Gasteiger partial charge in [-0.3, -0.25) is 0 Å². The minimum Gasteiger partial charge on any atom is -0.393 e. The molecule has 5 aliphatic rings. The number of aliphatic hydroxyl groups is 1. The molecule has 4 aliphatic carbocycles. The van der Waals surface area contributed by atoms with Gasteiger partial charge in [-0.15, -0.1) is 0 Å². The minimum absolute atomic E-state index is 0.0446. The molecule has 6 atom stereocenters. The van der Waals surface area contributed by atoms with E-state index < -0.39 is 0 Å². The van der Waals surface area contributed by atoms with Crippen LogP contribution in [0.15, 0.2) is 22.8 Å². The second-order valence-corrected chi connectivity index (χ2v) is 13.0. The van der Waals surface area contributed by atoms with Gasteiger partial charge < -0.3 is 10.0 Å². The lowest BCUT2D eigenvalue weighted by Gasteiger charge is -2.59. The highest BCUT2D eigenvalue weighted by molar-refractivity contribution is 5.49. The first-order valence-corrected chi connectivity index (χ1v) is 13.5. The Morgan fingerprint density at radius 3 is 2.52 bits per heavy atom. The van der Waals surface area contributed by atoms with E-state index in [1.54, 1.807) is 16.7 Å². The smallest absolute Gasteiger partial charge is 0.0594 e. The van der Waals surface area contributed by atoms with E-state index in [0.29, 0.717) is 16.7 Å². The molecule has 1 saturated carbocycles. The van der Waals surface area contributed by atoms with Gasteiger partial charge in [-0.05, 0) is 129 Å². The normalized spacial score (nSPS) is 43.3. The topological polar surface area (TPSA) is 23.5 Å². The van der Waals surface area contributed by atoms with Crippen molar-refractivity contribution in [2.45, 2.75) is 105 Å². The van der Waals surface area contributed by atoms with Crippen molar-refractivity contribution in [3.05, 3.63) is 22.8 Å². The maximum absolute atomic E-state index is 10.8. The van der Waals surface area contributed by atoms with Gasteiger partial charge in [0.25, 0.3) is 0 Å². The van der Waals surface area contributed by atoms with Crippen molar-refractivity contribution in [1.29, 1.82) is 0 Å². The summed E-state index contributed by atoms with van der Waals surface area (Å²) in [6.07, 6.45) is 15.4. The molecule has 0 aromatic rings. The summed E-state index contributed by atoms with van der Waals surface area (Å²) in [6.45, 7) is 16.4. The van der Waals surface area contributed by atoms with E-state index in [1.807, 2.05) is 0 Å². The van der Waals surface area contributed by atoms with Crippen LogP contribution in [0.1, 0.15) is 98.8 Å². The Morgan fingerprint density at radius 1 is 1.03 bits per heavy atom. The highest BCUT2D eigenvalue weighted by Gasteiger charge is 2.57. The average molecular weight is 426 g/mol. The van der Waals surface area contributed by atoms with Gasteiger partial charge in [0, 0.05) is 0 Å². The quantitative estimate of drug-likeness (QED) is 0.538. The summed E-state index contributed by atoms with van der Waals surface area (Å²) in [4.78, 5) is 2.70. The fraction of sp³-hybridized carbons (Fsp3) is 0.862. The molecule has 0 unspecified atom stereocenters.